The number of amides is 1. The zero-order chi connectivity index (χ0) is 21.7. The maximum atomic E-state index is 13.2. The second-order valence-corrected chi connectivity index (χ2v) is 8.10. The molecule has 0 spiro atoms. The number of carbonyl (C=O) groups is 1. The Bertz CT molecular complexity index is 1130. The lowest BCUT2D eigenvalue weighted by molar-refractivity contribution is 0.0954. The van der Waals surface area contributed by atoms with Crippen molar-refractivity contribution in [3.63, 3.8) is 0 Å². The van der Waals surface area contributed by atoms with Gasteiger partial charge in [-0.25, -0.2) is 21.6 Å². The Balaban J connectivity index is 1.58. The fourth-order valence-electron chi connectivity index (χ4n) is 2.70. The molecule has 1 amide bonds. The van der Waals surface area contributed by atoms with Crippen LogP contribution in [0.3, 0.4) is 0 Å². The van der Waals surface area contributed by atoms with Crippen molar-refractivity contribution >= 4 is 21.6 Å². The maximum absolute atomic E-state index is 13.2. The van der Waals surface area contributed by atoms with Crippen LogP contribution in [-0.2, 0) is 16.4 Å². The zero-order valence-electron chi connectivity index (χ0n) is 15.5. The van der Waals surface area contributed by atoms with Crippen LogP contribution < -0.4 is 10.0 Å². The summed E-state index contributed by atoms with van der Waals surface area (Å²) < 4.78 is 66.2. The summed E-state index contributed by atoms with van der Waals surface area (Å²) in [4.78, 5) is 12.1. The van der Waals surface area contributed by atoms with Gasteiger partial charge >= 0.3 is 0 Å². The van der Waals surface area contributed by atoms with Gasteiger partial charge in [0, 0.05) is 23.9 Å². The number of carbonyl (C=O) groups excluding carboxylic acids is 1. The number of anilines is 1. The van der Waals surface area contributed by atoms with Gasteiger partial charge < -0.3 is 5.32 Å². The monoisotopic (exact) mass is 434 g/mol. The quantitative estimate of drug-likeness (QED) is 0.593. The first-order valence-electron chi connectivity index (χ1n) is 8.84. The van der Waals surface area contributed by atoms with E-state index in [1.54, 1.807) is 0 Å². The molecule has 9 heteroatoms. The standard InChI is InChI=1S/C21H17F3N2O3S/c22-16-3-7-20(8-4-16)30(28,29)26-19-5-1-15(2-6-19)21(27)25-10-9-14-11-17(23)13-18(24)12-14/h1-8,11-13,26H,9-10H2,(H,25,27). The highest BCUT2D eigenvalue weighted by atomic mass is 32.2. The molecule has 0 unspecified atom stereocenters. The molecule has 0 bridgehead atoms. The Morgan fingerprint density at radius 1 is 0.800 bits per heavy atom. The van der Waals surface area contributed by atoms with Crippen molar-refractivity contribution in [2.75, 3.05) is 11.3 Å². The molecule has 2 N–H and O–H groups in total. The summed E-state index contributed by atoms with van der Waals surface area (Å²) in [5, 5.41) is 2.63. The molecule has 0 atom stereocenters. The summed E-state index contributed by atoms with van der Waals surface area (Å²) in [6.45, 7) is 0.167. The number of hydrogen-bond donors (Lipinski definition) is 2. The number of hydrogen-bond acceptors (Lipinski definition) is 3. The van der Waals surface area contributed by atoms with Crippen LogP contribution in [-0.4, -0.2) is 20.9 Å². The first-order chi connectivity index (χ1) is 14.2. The van der Waals surface area contributed by atoms with E-state index in [-0.39, 0.29) is 29.1 Å². The molecular formula is C21H17F3N2O3S. The van der Waals surface area contributed by atoms with Crippen molar-refractivity contribution < 1.29 is 26.4 Å². The summed E-state index contributed by atoms with van der Waals surface area (Å²) in [5.74, 6) is -2.34. The van der Waals surface area contributed by atoms with Gasteiger partial charge in [-0.2, -0.15) is 0 Å². The van der Waals surface area contributed by atoms with Crippen molar-refractivity contribution in [1.82, 2.24) is 5.32 Å². The van der Waals surface area contributed by atoms with E-state index >= 15 is 0 Å². The van der Waals surface area contributed by atoms with Crippen LogP contribution in [0.1, 0.15) is 15.9 Å². The number of rotatable bonds is 7. The minimum Gasteiger partial charge on any atom is -0.352 e. The molecule has 156 valence electrons. The zero-order valence-corrected chi connectivity index (χ0v) is 16.3. The highest BCUT2D eigenvalue weighted by Crippen LogP contribution is 2.17. The Hall–Kier alpha value is -3.33. The molecule has 30 heavy (non-hydrogen) atoms. The Labute approximate surface area is 171 Å². The number of halogens is 3. The van der Waals surface area contributed by atoms with Crippen molar-refractivity contribution in [2.24, 2.45) is 0 Å². The topological polar surface area (TPSA) is 75.3 Å². The van der Waals surface area contributed by atoms with Gasteiger partial charge in [-0.15, -0.1) is 0 Å². The highest BCUT2D eigenvalue weighted by molar-refractivity contribution is 7.92. The lowest BCUT2D eigenvalue weighted by atomic mass is 10.1. The van der Waals surface area contributed by atoms with Crippen molar-refractivity contribution in [3.8, 4) is 0 Å². The summed E-state index contributed by atoms with van der Waals surface area (Å²) in [6, 6.07) is 13.2. The molecule has 3 aromatic rings. The van der Waals surface area contributed by atoms with Crippen LogP contribution in [0.25, 0.3) is 0 Å². The summed E-state index contributed by atoms with van der Waals surface area (Å²) in [5.41, 5.74) is 0.926. The fraction of sp³-hybridized carbons (Fsp3) is 0.0952. The minimum atomic E-state index is -3.89. The molecule has 3 rings (SSSR count). The van der Waals surface area contributed by atoms with Gasteiger partial charge in [0.15, 0.2) is 0 Å². The Morgan fingerprint density at radius 2 is 1.40 bits per heavy atom. The second kappa shape index (κ2) is 9.00. The number of sulfonamides is 1. The van der Waals surface area contributed by atoms with Gasteiger partial charge in [-0.05, 0) is 72.6 Å². The van der Waals surface area contributed by atoms with E-state index in [0.29, 0.717) is 5.56 Å². The maximum Gasteiger partial charge on any atom is 0.261 e. The molecule has 3 aromatic carbocycles. The van der Waals surface area contributed by atoms with Crippen molar-refractivity contribution in [2.45, 2.75) is 11.3 Å². The molecule has 0 saturated carbocycles. The molecule has 0 heterocycles. The van der Waals surface area contributed by atoms with E-state index < -0.39 is 33.4 Å². The third kappa shape index (κ3) is 5.60. The molecule has 0 aromatic heterocycles. The van der Waals surface area contributed by atoms with Crippen molar-refractivity contribution in [1.29, 1.82) is 0 Å². The fourth-order valence-corrected chi connectivity index (χ4v) is 3.75. The van der Waals surface area contributed by atoms with Gasteiger partial charge in [-0.3, -0.25) is 9.52 Å². The normalized spacial score (nSPS) is 11.2. The molecule has 0 fully saturated rings. The van der Waals surface area contributed by atoms with E-state index in [0.717, 1.165) is 30.3 Å². The summed E-state index contributed by atoms with van der Waals surface area (Å²) in [7, 11) is -3.89. The third-order valence-corrected chi connectivity index (χ3v) is 5.54. The SMILES string of the molecule is O=C(NCCc1cc(F)cc(F)c1)c1ccc(NS(=O)(=O)c2ccc(F)cc2)cc1. The molecule has 0 saturated heterocycles. The van der Waals surface area contributed by atoms with E-state index in [2.05, 4.69) is 10.0 Å². The molecule has 0 aliphatic rings. The summed E-state index contributed by atoms with van der Waals surface area (Å²) >= 11 is 0. The molecular weight excluding hydrogens is 417 g/mol. The van der Waals surface area contributed by atoms with E-state index in [9.17, 15) is 26.4 Å². The largest absolute Gasteiger partial charge is 0.352 e. The molecule has 0 aliphatic carbocycles. The van der Waals surface area contributed by atoms with Crippen LogP contribution in [0, 0.1) is 17.5 Å². The van der Waals surface area contributed by atoms with Crippen molar-refractivity contribution in [3.05, 3.63) is 95.3 Å². The van der Waals surface area contributed by atoms with E-state index in [1.165, 1.54) is 36.4 Å². The molecule has 0 radical (unpaired) electrons. The first kappa shape index (κ1) is 21.4. The van der Waals surface area contributed by atoms with Gasteiger partial charge in [0.05, 0.1) is 4.90 Å². The second-order valence-electron chi connectivity index (χ2n) is 6.42. The average molecular weight is 434 g/mol. The van der Waals surface area contributed by atoms with Gasteiger partial charge in [0.25, 0.3) is 15.9 Å². The van der Waals surface area contributed by atoms with Crippen LogP contribution in [0.4, 0.5) is 18.9 Å². The average Bonchev–Trinajstić information content (AvgIpc) is 2.68. The van der Waals surface area contributed by atoms with Gasteiger partial charge in [0.1, 0.15) is 17.5 Å². The lowest BCUT2D eigenvalue weighted by Gasteiger charge is -2.09. The van der Waals surface area contributed by atoms with Crippen LogP contribution in [0.15, 0.2) is 71.6 Å². The minimum absolute atomic E-state index is 0.0977. The summed E-state index contributed by atoms with van der Waals surface area (Å²) in [6.07, 6.45) is 0.246. The Morgan fingerprint density at radius 3 is 2.00 bits per heavy atom. The van der Waals surface area contributed by atoms with Crippen LogP contribution in [0.5, 0.6) is 0 Å². The molecule has 0 aliphatic heterocycles. The van der Waals surface area contributed by atoms with Gasteiger partial charge in [-0.1, -0.05) is 0 Å². The van der Waals surface area contributed by atoms with E-state index in [4.69, 9.17) is 0 Å². The number of nitrogens with one attached hydrogen (secondary N) is 2. The van der Waals surface area contributed by atoms with E-state index in [1.807, 2.05) is 0 Å². The molecule has 5 nitrogen and oxygen atoms in total. The third-order valence-electron chi connectivity index (χ3n) is 4.14. The predicted molar refractivity (Wildman–Crippen MR) is 106 cm³/mol. The van der Waals surface area contributed by atoms with Crippen LogP contribution in [0.2, 0.25) is 0 Å². The number of benzene rings is 3. The smallest absolute Gasteiger partial charge is 0.261 e. The first-order valence-corrected chi connectivity index (χ1v) is 10.3. The van der Waals surface area contributed by atoms with Gasteiger partial charge in [0.2, 0.25) is 0 Å². The van der Waals surface area contributed by atoms with Crippen LogP contribution >= 0.6 is 0 Å². The Kier molecular flexibility index (Phi) is 6.41. The lowest BCUT2D eigenvalue weighted by Crippen LogP contribution is -2.25. The highest BCUT2D eigenvalue weighted by Gasteiger charge is 2.14. The predicted octanol–water partition coefficient (Wildman–Crippen LogP) is 3.88.